The number of alkyl carbamates (subject to hydrolysis) is 2. The number of ketones is 2. The van der Waals surface area contributed by atoms with Crippen LogP contribution in [-0.4, -0.2) is 115 Å². The summed E-state index contributed by atoms with van der Waals surface area (Å²) < 4.78 is 36.7. The highest BCUT2D eigenvalue weighted by Gasteiger charge is 2.49. The molecule has 66 heavy (non-hydrogen) atoms. The molecular formula is C50H75N5O10S. The smallest absolute Gasteiger partial charge is 0.408 e. The number of rotatable bonds is 22. The predicted octanol–water partition coefficient (Wildman–Crippen LogP) is 6.63. The molecule has 0 bridgehead atoms. The Labute approximate surface area is 392 Å². The van der Waals surface area contributed by atoms with E-state index in [0.717, 1.165) is 11.1 Å². The number of piperidine rings is 1. The molecule has 16 heteroatoms. The molecule has 4 rings (SSSR count). The van der Waals surface area contributed by atoms with E-state index in [9.17, 15) is 37.2 Å². The monoisotopic (exact) mass is 938 g/mol. The Morgan fingerprint density at radius 2 is 1.21 bits per heavy atom. The van der Waals surface area contributed by atoms with Crippen LogP contribution in [0.4, 0.5) is 9.59 Å². The number of sulfonamides is 1. The second kappa shape index (κ2) is 23.8. The third-order valence-corrected chi connectivity index (χ3v) is 13.3. The molecule has 3 N–H and O–H groups in total. The van der Waals surface area contributed by atoms with Gasteiger partial charge in [0.25, 0.3) is 0 Å². The van der Waals surface area contributed by atoms with Crippen LogP contribution in [0.5, 0.6) is 0 Å². The number of hydrogen-bond acceptors (Lipinski definition) is 10. The second-order valence-corrected chi connectivity index (χ2v) is 22.8. The first-order valence-electron chi connectivity index (χ1n) is 23.5. The molecule has 2 aliphatic rings. The lowest BCUT2D eigenvalue weighted by Gasteiger charge is -2.54. The van der Waals surface area contributed by atoms with Crippen LogP contribution in [-0.2, 0) is 51.5 Å². The summed E-state index contributed by atoms with van der Waals surface area (Å²) in [5, 5.41) is 8.51. The quantitative estimate of drug-likeness (QED) is 0.108. The van der Waals surface area contributed by atoms with Gasteiger partial charge in [0.15, 0.2) is 11.6 Å². The summed E-state index contributed by atoms with van der Waals surface area (Å²) >= 11 is 0. The van der Waals surface area contributed by atoms with E-state index in [-0.39, 0.29) is 54.5 Å². The fourth-order valence-electron chi connectivity index (χ4n) is 8.62. The summed E-state index contributed by atoms with van der Waals surface area (Å²) in [6.07, 6.45) is 2.97. The minimum Gasteiger partial charge on any atom is -0.444 e. The van der Waals surface area contributed by atoms with Gasteiger partial charge in [-0.2, -0.15) is 0 Å². The summed E-state index contributed by atoms with van der Waals surface area (Å²) in [7, 11) is -3.31. The molecule has 2 saturated heterocycles. The zero-order valence-electron chi connectivity index (χ0n) is 40.7. The van der Waals surface area contributed by atoms with Crippen LogP contribution in [0.15, 0.2) is 60.7 Å². The number of carbonyl (C=O) groups is 6. The highest BCUT2D eigenvalue weighted by atomic mass is 32.2. The minimum absolute atomic E-state index is 0.0112. The maximum Gasteiger partial charge on any atom is 0.408 e. The summed E-state index contributed by atoms with van der Waals surface area (Å²) in [5.74, 6) is -2.92. The van der Waals surface area contributed by atoms with E-state index in [4.69, 9.17) is 9.47 Å². The van der Waals surface area contributed by atoms with Crippen molar-refractivity contribution >= 4 is 45.6 Å². The molecule has 4 amide bonds. The van der Waals surface area contributed by atoms with E-state index in [1.807, 2.05) is 74.5 Å². The van der Waals surface area contributed by atoms with Gasteiger partial charge in [-0.3, -0.25) is 19.2 Å². The first-order valence-corrected chi connectivity index (χ1v) is 25.3. The molecule has 2 aromatic rings. The largest absolute Gasteiger partial charge is 0.444 e. The summed E-state index contributed by atoms with van der Waals surface area (Å²) in [6, 6.07) is 16.6. The van der Waals surface area contributed by atoms with Gasteiger partial charge >= 0.3 is 12.2 Å². The first-order chi connectivity index (χ1) is 30.8. The van der Waals surface area contributed by atoms with Gasteiger partial charge in [-0.1, -0.05) is 80.9 Å². The van der Waals surface area contributed by atoms with Crippen LogP contribution < -0.4 is 16.0 Å². The van der Waals surface area contributed by atoms with Crippen LogP contribution in [0.2, 0.25) is 0 Å². The average Bonchev–Trinajstić information content (AvgIpc) is 3.20. The van der Waals surface area contributed by atoms with Gasteiger partial charge in [-0.25, -0.2) is 22.3 Å². The molecule has 15 nitrogen and oxygen atoms in total. The lowest BCUT2D eigenvalue weighted by atomic mass is 9.71. The van der Waals surface area contributed by atoms with Gasteiger partial charge in [-0.15, -0.1) is 0 Å². The number of carbonyl (C=O) groups excluding carboxylic acids is 6. The topological polar surface area (TPSA) is 198 Å². The van der Waals surface area contributed by atoms with E-state index in [1.165, 1.54) is 10.6 Å². The van der Waals surface area contributed by atoms with Crippen LogP contribution in [0.3, 0.4) is 0 Å². The maximum atomic E-state index is 14.5. The van der Waals surface area contributed by atoms with Gasteiger partial charge < -0.3 is 30.3 Å². The zero-order chi connectivity index (χ0) is 48.9. The number of amides is 4. The molecule has 4 atom stereocenters. The molecule has 1 spiro atoms. The molecule has 0 saturated carbocycles. The van der Waals surface area contributed by atoms with E-state index >= 15 is 0 Å². The molecule has 2 aliphatic heterocycles. The molecule has 2 fully saturated rings. The highest BCUT2D eigenvalue weighted by Crippen LogP contribution is 2.42. The zero-order valence-corrected chi connectivity index (χ0v) is 41.5. The molecule has 2 aromatic carbocycles. The van der Waals surface area contributed by atoms with Gasteiger partial charge in [0.05, 0.1) is 18.3 Å². The Morgan fingerprint density at radius 3 is 1.74 bits per heavy atom. The summed E-state index contributed by atoms with van der Waals surface area (Å²) in [5.41, 5.74) is -0.00548. The number of Topliss-reactive ketones (excluding diaryl/α,β-unsaturated/α-hetero) is 2. The van der Waals surface area contributed by atoms with E-state index < -0.39 is 63.2 Å². The Hall–Kier alpha value is -4.83. The van der Waals surface area contributed by atoms with Crippen LogP contribution in [0.1, 0.15) is 118 Å². The predicted molar refractivity (Wildman–Crippen MR) is 254 cm³/mol. The molecule has 0 aromatic heterocycles. The Bertz CT molecular complexity index is 2050. The molecule has 2 heterocycles. The number of nitrogens with one attached hydrogen (secondary N) is 3. The minimum atomic E-state index is -3.31. The van der Waals surface area contributed by atoms with Crippen molar-refractivity contribution < 1.29 is 46.7 Å². The van der Waals surface area contributed by atoms with E-state index in [1.54, 1.807) is 46.4 Å². The lowest BCUT2D eigenvalue weighted by Crippen LogP contribution is -2.63. The number of benzene rings is 2. The fourth-order valence-corrected chi connectivity index (χ4v) is 9.47. The SMILES string of the molecule is CC(C)C[C@@H](NC(=O)[C@H](CC(=O)[C@@H](Cc1ccccc1)NC(=O)OC(C)(C)C)Cc1ccccc1)C(=O)C[C@H](CCCCNC(=O)OC(C)(C)C)C(=O)N1CC2(CCN(S(C)(=O)=O)CC2)C1. The van der Waals surface area contributed by atoms with Crippen LogP contribution >= 0.6 is 0 Å². The molecular weight excluding hydrogens is 863 g/mol. The van der Waals surface area contributed by atoms with Crippen LogP contribution in [0.25, 0.3) is 0 Å². The molecule has 0 unspecified atom stereocenters. The van der Waals surface area contributed by atoms with Crippen molar-refractivity contribution in [1.29, 1.82) is 0 Å². The second-order valence-electron chi connectivity index (χ2n) is 20.8. The van der Waals surface area contributed by atoms with Gasteiger partial charge in [-0.05, 0) is 104 Å². The van der Waals surface area contributed by atoms with Crippen molar-refractivity contribution in [2.45, 2.75) is 143 Å². The van der Waals surface area contributed by atoms with Crippen molar-refractivity contribution in [1.82, 2.24) is 25.2 Å². The normalized spacial score (nSPS) is 17.2. The maximum absolute atomic E-state index is 14.5. The summed E-state index contributed by atoms with van der Waals surface area (Å²) in [4.78, 5) is 84.6. The van der Waals surface area contributed by atoms with Crippen molar-refractivity contribution in [2.75, 3.05) is 39.0 Å². The van der Waals surface area contributed by atoms with Crippen molar-refractivity contribution in [3.8, 4) is 0 Å². The lowest BCUT2D eigenvalue weighted by molar-refractivity contribution is -0.152. The standard InChI is InChI=1S/C50H75N5O10S/c1-35(2)28-40(52-44(58)39(29-36-18-12-10-13-19-36)32-43(57)41(30-37-20-14-11-15-21-37)53-47(61)65-49(6,7)8)42(56)31-38(22-16-17-25-51-46(60)64-48(3,4)5)45(59)54-33-50(34-54)23-26-55(27-24-50)66(9,62)63/h10-15,18-21,35,38-41H,16-17,22-34H2,1-9H3,(H,51,60)(H,52,58)(H,53,61)/t38-,39-,40+,41+/m0/s1. The highest BCUT2D eigenvalue weighted by molar-refractivity contribution is 7.88. The molecule has 366 valence electrons. The number of likely N-dealkylation sites (tertiary alicyclic amines) is 1. The van der Waals surface area contributed by atoms with E-state index in [2.05, 4.69) is 16.0 Å². The van der Waals surface area contributed by atoms with Crippen LogP contribution in [0, 0.1) is 23.2 Å². The molecule has 0 radical (unpaired) electrons. The Kier molecular flexibility index (Phi) is 19.4. The van der Waals surface area contributed by atoms with Gasteiger partial charge in [0.1, 0.15) is 11.2 Å². The Balaban J connectivity index is 1.53. The van der Waals surface area contributed by atoms with Gasteiger partial charge in [0, 0.05) is 62.8 Å². The number of ether oxygens (including phenoxy) is 2. The number of unbranched alkanes of at least 4 members (excludes halogenated alkanes) is 1. The van der Waals surface area contributed by atoms with Crippen molar-refractivity contribution in [2.24, 2.45) is 23.2 Å². The third-order valence-electron chi connectivity index (χ3n) is 12.0. The average molecular weight is 938 g/mol. The fraction of sp³-hybridized carbons (Fsp3) is 0.640. The first kappa shape index (κ1) is 53.8. The van der Waals surface area contributed by atoms with E-state index in [0.29, 0.717) is 71.2 Å². The van der Waals surface area contributed by atoms with Gasteiger partial charge in [0.2, 0.25) is 21.8 Å². The third kappa shape index (κ3) is 18.1. The van der Waals surface area contributed by atoms with Crippen molar-refractivity contribution in [3.05, 3.63) is 71.8 Å². The number of hydrogen-bond donors (Lipinski definition) is 3. The Morgan fingerprint density at radius 1 is 0.697 bits per heavy atom. The number of nitrogens with zero attached hydrogens (tertiary/aromatic N) is 2. The molecule has 0 aliphatic carbocycles. The summed E-state index contributed by atoms with van der Waals surface area (Å²) in [6.45, 7) is 16.5. The van der Waals surface area contributed by atoms with Crippen molar-refractivity contribution in [3.63, 3.8) is 0 Å².